The van der Waals surface area contributed by atoms with Crippen LogP contribution in [0.2, 0.25) is 0 Å². The molecule has 3 heteroatoms. The molecule has 0 spiro atoms. The van der Waals surface area contributed by atoms with Gasteiger partial charge in [-0.15, -0.1) is 0 Å². The molecular formula is C12H17NO2. The van der Waals surface area contributed by atoms with Gasteiger partial charge >= 0.3 is 5.97 Å². The van der Waals surface area contributed by atoms with E-state index in [4.69, 9.17) is 0 Å². The van der Waals surface area contributed by atoms with Gasteiger partial charge in [0.2, 0.25) is 0 Å². The van der Waals surface area contributed by atoms with Gasteiger partial charge < -0.3 is 5.11 Å². The van der Waals surface area contributed by atoms with E-state index < -0.39 is 5.97 Å². The van der Waals surface area contributed by atoms with Crippen molar-refractivity contribution in [2.24, 2.45) is 17.8 Å². The summed E-state index contributed by atoms with van der Waals surface area (Å²) < 4.78 is 0. The fraction of sp³-hybridized carbons (Fsp3) is 0.750. The molecule has 0 radical (unpaired) electrons. The summed E-state index contributed by atoms with van der Waals surface area (Å²) in [5.41, 5.74) is 0. The van der Waals surface area contributed by atoms with E-state index in [-0.39, 0.29) is 5.92 Å². The summed E-state index contributed by atoms with van der Waals surface area (Å²) >= 11 is 0. The predicted octanol–water partition coefficient (Wildman–Crippen LogP) is 1.36. The highest BCUT2D eigenvalue weighted by molar-refractivity contribution is 5.72. The van der Waals surface area contributed by atoms with Crippen molar-refractivity contribution in [3.63, 3.8) is 0 Å². The molecule has 0 saturated heterocycles. The molecule has 3 aliphatic rings. The predicted molar refractivity (Wildman–Crippen MR) is 56.5 cm³/mol. The largest absolute Gasteiger partial charge is 0.481 e. The Hall–Kier alpha value is -0.830. The molecule has 2 fully saturated rings. The maximum atomic E-state index is 11.3. The molecule has 0 aromatic carbocycles. The van der Waals surface area contributed by atoms with Gasteiger partial charge in [-0.1, -0.05) is 12.2 Å². The summed E-state index contributed by atoms with van der Waals surface area (Å²) in [5, 5.41) is 9.32. The average molecular weight is 207 g/mol. The van der Waals surface area contributed by atoms with Gasteiger partial charge in [-0.05, 0) is 31.1 Å². The van der Waals surface area contributed by atoms with Crippen molar-refractivity contribution in [2.75, 3.05) is 13.1 Å². The van der Waals surface area contributed by atoms with Crippen molar-refractivity contribution in [1.29, 1.82) is 0 Å². The molecule has 1 aliphatic heterocycles. The Kier molecular flexibility index (Phi) is 2.09. The number of fused-ring (bicyclic) bond motifs is 2. The lowest BCUT2D eigenvalue weighted by Crippen LogP contribution is -2.46. The number of nitrogens with zero attached hydrogens (tertiary/aromatic N) is 1. The molecule has 1 heterocycles. The van der Waals surface area contributed by atoms with Crippen LogP contribution in [0.4, 0.5) is 0 Å². The normalized spacial score (nSPS) is 44.0. The molecule has 2 bridgehead atoms. The number of hydrogen-bond acceptors (Lipinski definition) is 2. The molecule has 3 rings (SSSR count). The number of aliphatic carboxylic acids is 1. The van der Waals surface area contributed by atoms with Crippen molar-refractivity contribution >= 4 is 5.97 Å². The maximum absolute atomic E-state index is 11.3. The van der Waals surface area contributed by atoms with E-state index in [0.29, 0.717) is 17.9 Å². The van der Waals surface area contributed by atoms with E-state index in [0.717, 1.165) is 25.9 Å². The smallest absolute Gasteiger partial charge is 0.308 e. The van der Waals surface area contributed by atoms with E-state index in [1.807, 2.05) is 0 Å². The minimum Gasteiger partial charge on any atom is -0.481 e. The molecule has 0 aromatic rings. The highest BCUT2D eigenvalue weighted by atomic mass is 16.4. The second-order valence-corrected chi connectivity index (χ2v) is 5.11. The number of carboxylic acids is 1. The van der Waals surface area contributed by atoms with Crippen LogP contribution in [0.1, 0.15) is 19.3 Å². The molecule has 0 amide bonds. The van der Waals surface area contributed by atoms with Crippen molar-refractivity contribution in [1.82, 2.24) is 4.90 Å². The first-order valence-electron chi connectivity index (χ1n) is 5.89. The quantitative estimate of drug-likeness (QED) is 0.695. The zero-order chi connectivity index (χ0) is 10.4. The van der Waals surface area contributed by atoms with Crippen molar-refractivity contribution in [2.45, 2.75) is 25.3 Å². The first kappa shape index (κ1) is 9.40. The van der Waals surface area contributed by atoms with Gasteiger partial charge in [0, 0.05) is 19.1 Å². The van der Waals surface area contributed by atoms with Gasteiger partial charge in [-0.3, -0.25) is 9.69 Å². The molecule has 4 unspecified atom stereocenters. The standard InChI is InChI=1S/C12H17NO2/c14-12(15)10-8-3-4-9(7-8)11(10)13-5-1-2-6-13/h1-2,8-11H,3-7H2,(H,14,15). The van der Waals surface area contributed by atoms with Crippen molar-refractivity contribution in [3.8, 4) is 0 Å². The number of hydrogen-bond donors (Lipinski definition) is 1. The van der Waals surface area contributed by atoms with Crippen LogP contribution >= 0.6 is 0 Å². The molecule has 3 nitrogen and oxygen atoms in total. The summed E-state index contributed by atoms with van der Waals surface area (Å²) in [4.78, 5) is 13.7. The maximum Gasteiger partial charge on any atom is 0.308 e. The zero-order valence-electron chi connectivity index (χ0n) is 8.80. The third-order valence-corrected chi connectivity index (χ3v) is 4.43. The van der Waals surface area contributed by atoms with Crippen LogP contribution in [-0.4, -0.2) is 35.1 Å². The van der Waals surface area contributed by atoms with Gasteiger partial charge in [0.15, 0.2) is 0 Å². The lowest BCUT2D eigenvalue weighted by atomic mass is 9.83. The molecular weight excluding hydrogens is 190 g/mol. The SMILES string of the molecule is O=C(O)C1C2CCC(C2)C1N1CC=CC1. The summed E-state index contributed by atoms with van der Waals surface area (Å²) in [6.07, 6.45) is 7.85. The lowest BCUT2D eigenvalue weighted by molar-refractivity contribution is -0.146. The fourth-order valence-corrected chi connectivity index (χ4v) is 3.87. The molecule has 2 aliphatic carbocycles. The number of carbonyl (C=O) groups is 1. The van der Waals surface area contributed by atoms with E-state index >= 15 is 0 Å². The van der Waals surface area contributed by atoms with Crippen LogP contribution in [0.5, 0.6) is 0 Å². The Morgan fingerprint density at radius 2 is 1.87 bits per heavy atom. The Labute approximate surface area is 89.8 Å². The first-order chi connectivity index (χ1) is 7.27. The zero-order valence-corrected chi connectivity index (χ0v) is 8.80. The molecule has 0 aromatic heterocycles. The van der Waals surface area contributed by atoms with Crippen LogP contribution in [0.3, 0.4) is 0 Å². The Morgan fingerprint density at radius 3 is 2.53 bits per heavy atom. The Bertz CT molecular complexity index is 305. The van der Waals surface area contributed by atoms with Crippen molar-refractivity contribution in [3.05, 3.63) is 12.2 Å². The number of rotatable bonds is 2. The van der Waals surface area contributed by atoms with Crippen LogP contribution in [-0.2, 0) is 4.79 Å². The van der Waals surface area contributed by atoms with Crippen LogP contribution in [0.25, 0.3) is 0 Å². The van der Waals surface area contributed by atoms with Crippen LogP contribution in [0.15, 0.2) is 12.2 Å². The summed E-state index contributed by atoms with van der Waals surface area (Å²) in [5.74, 6) is 0.442. The minimum absolute atomic E-state index is 0.0938. The van der Waals surface area contributed by atoms with E-state index in [2.05, 4.69) is 17.1 Å². The van der Waals surface area contributed by atoms with E-state index in [9.17, 15) is 9.90 Å². The lowest BCUT2D eigenvalue weighted by Gasteiger charge is -2.35. The highest BCUT2D eigenvalue weighted by Gasteiger charge is 2.52. The van der Waals surface area contributed by atoms with Gasteiger partial charge in [0.1, 0.15) is 0 Å². The summed E-state index contributed by atoms with van der Waals surface area (Å²) in [6.45, 7) is 1.91. The van der Waals surface area contributed by atoms with Gasteiger partial charge in [0.25, 0.3) is 0 Å². The van der Waals surface area contributed by atoms with E-state index in [1.54, 1.807) is 0 Å². The molecule has 15 heavy (non-hydrogen) atoms. The van der Waals surface area contributed by atoms with Crippen LogP contribution < -0.4 is 0 Å². The third kappa shape index (κ3) is 1.33. The molecule has 2 saturated carbocycles. The van der Waals surface area contributed by atoms with Gasteiger partial charge in [-0.25, -0.2) is 0 Å². The van der Waals surface area contributed by atoms with Crippen LogP contribution in [0, 0.1) is 17.8 Å². The van der Waals surface area contributed by atoms with E-state index in [1.165, 1.54) is 6.42 Å². The molecule has 82 valence electrons. The second kappa shape index (κ2) is 3.34. The highest BCUT2D eigenvalue weighted by Crippen LogP contribution is 2.50. The summed E-state index contributed by atoms with van der Waals surface area (Å²) in [6, 6.07) is 0.316. The second-order valence-electron chi connectivity index (χ2n) is 5.11. The number of carboxylic acid groups (broad SMARTS) is 1. The summed E-state index contributed by atoms with van der Waals surface area (Å²) in [7, 11) is 0. The fourth-order valence-electron chi connectivity index (χ4n) is 3.87. The third-order valence-electron chi connectivity index (χ3n) is 4.43. The first-order valence-corrected chi connectivity index (χ1v) is 5.89. The monoisotopic (exact) mass is 207 g/mol. The van der Waals surface area contributed by atoms with Gasteiger partial charge in [0.05, 0.1) is 5.92 Å². The molecule has 1 N–H and O–H groups in total. The average Bonchev–Trinajstić information content (AvgIpc) is 2.92. The topological polar surface area (TPSA) is 40.5 Å². The van der Waals surface area contributed by atoms with Crippen molar-refractivity contribution < 1.29 is 9.90 Å². The van der Waals surface area contributed by atoms with Gasteiger partial charge in [-0.2, -0.15) is 0 Å². The minimum atomic E-state index is -0.570. The Morgan fingerprint density at radius 1 is 1.20 bits per heavy atom. The Balaban J connectivity index is 1.82. The molecule has 4 atom stereocenters.